The van der Waals surface area contributed by atoms with Gasteiger partial charge in [0.1, 0.15) is 0 Å². The second kappa shape index (κ2) is 9.05. The van der Waals surface area contributed by atoms with Crippen molar-refractivity contribution in [2.24, 2.45) is 0 Å². The molecule has 102 valence electrons. The Labute approximate surface area is 109 Å². The van der Waals surface area contributed by atoms with Gasteiger partial charge >= 0.3 is 0 Å². The number of hydrogen-bond donors (Lipinski definition) is 1. The number of rotatable bonds is 6. The summed E-state index contributed by atoms with van der Waals surface area (Å²) in [5.41, 5.74) is 1.36. The second-order valence-corrected chi connectivity index (χ2v) is 4.47. The minimum absolute atomic E-state index is 0. The van der Waals surface area contributed by atoms with E-state index in [2.05, 4.69) is 40.5 Å². The summed E-state index contributed by atoms with van der Waals surface area (Å²) in [6, 6.07) is 10.6. The van der Waals surface area contributed by atoms with Crippen molar-refractivity contribution in [1.29, 1.82) is 0 Å². The largest absolute Gasteiger partial charge is 0.412 e. The summed E-state index contributed by atoms with van der Waals surface area (Å²) in [6.07, 6.45) is 1.22. The summed E-state index contributed by atoms with van der Waals surface area (Å²) in [5, 5.41) is 3.48. The summed E-state index contributed by atoms with van der Waals surface area (Å²) < 4.78 is 5.33. The molecular formula is C14H24N2O2. The van der Waals surface area contributed by atoms with E-state index in [9.17, 15) is 0 Å². The molecule has 3 N–H and O–H groups in total. The molecule has 0 atom stereocenters. The molecule has 4 heteroatoms. The number of nitrogens with one attached hydrogen (secondary N) is 1. The van der Waals surface area contributed by atoms with Crippen molar-refractivity contribution in [1.82, 2.24) is 10.2 Å². The highest BCUT2D eigenvalue weighted by Crippen LogP contribution is 1.99. The van der Waals surface area contributed by atoms with Gasteiger partial charge in [-0.05, 0) is 25.1 Å². The number of benzene rings is 1. The molecule has 1 saturated heterocycles. The molecule has 1 aromatic rings. The highest BCUT2D eigenvalue weighted by molar-refractivity contribution is 5.14. The van der Waals surface area contributed by atoms with Gasteiger partial charge in [-0.25, -0.2) is 0 Å². The first-order valence-corrected chi connectivity index (χ1v) is 6.50. The van der Waals surface area contributed by atoms with Crippen molar-refractivity contribution in [3.05, 3.63) is 35.9 Å². The maximum atomic E-state index is 5.33. The van der Waals surface area contributed by atoms with Gasteiger partial charge in [0.2, 0.25) is 0 Å². The lowest BCUT2D eigenvalue weighted by Crippen LogP contribution is -2.37. The molecule has 1 aliphatic rings. The highest BCUT2D eigenvalue weighted by Gasteiger charge is 2.08. The molecule has 0 radical (unpaired) electrons. The van der Waals surface area contributed by atoms with Crippen molar-refractivity contribution in [3.63, 3.8) is 0 Å². The average Bonchev–Trinajstić information content (AvgIpc) is 2.41. The normalized spacial score (nSPS) is 16.2. The molecule has 2 rings (SSSR count). The van der Waals surface area contributed by atoms with E-state index in [0.29, 0.717) is 0 Å². The molecule has 1 heterocycles. The van der Waals surface area contributed by atoms with Gasteiger partial charge in [0, 0.05) is 19.6 Å². The summed E-state index contributed by atoms with van der Waals surface area (Å²) >= 11 is 0. The van der Waals surface area contributed by atoms with E-state index in [1.165, 1.54) is 18.5 Å². The highest BCUT2D eigenvalue weighted by atomic mass is 16.5. The third-order valence-corrected chi connectivity index (χ3v) is 3.10. The second-order valence-electron chi connectivity index (χ2n) is 4.47. The van der Waals surface area contributed by atoms with Crippen LogP contribution in [-0.4, -0.2) is 49.8 Å². The zero-order chi connectivity index (χ0) is 11.8. The number of hydrogen-bond acceptors (Lipinski definition) is 3. The Bertz CT molecular complexity index is 300. The van der Waals surface area contributed by atoms with E-state index >= 15 is 0 Å². The smallest absolute Gasteiger partial charge is 0.0594 e. The van der Waals surface area contributed by atoms with Crippen molar-refractivity contribution in [3.8, 4) is 0 Å². The van der Waals surface area contributed by atoms with Crippen LogP contribution in [0, 0.1) is 0 Å². The first kappa shape index (κ1) is 15.1. The molecule has 0 aromatic heterocycles. The first-order valence-electron chi connectivity index (χ1n) is 6.50. The topological polar surface area (TPSA) is 56.0 Å². The van der Waals surface area contributed by atoms with Crippen LogP contribution in [0.25, 0.3) is 0 Å². The minimum atomic E-state index is 0. The van der Waals surface area contributed by atoms with Gasteiger partial charge in [0.15, 0.2) is 0 Å². The van der Waals surface area contributed by atoms with Gasteiger partial charge < -0.3 is 15.5 Å². The van der Waals surface area contributed by atoms with Crippen LogP contribution in [-0.2, 0) is 11.3 Å². The van der Waals surface area contributed by atoms with Crippen LogP contribution in [0.2, 0.25) is 0 Å². The Morgan fingerprint density at radius 1 is 1.11 bits per heavy atom. The predicted octanol–water partition coefficient (Wildman–Crippen LogP) is 0.674. The number of ether oxygens (including phenoxy) is 1. The number of morpholine rings is 1. The predicted molar refractivity (Wildman–Crippen MR) is 73.6 cm³/mol. The van der Waals surface area contributed by atoms with Crippen LogP contribution in [0.1, 0.15) is 12.0 Å². The van der Waals surface area contributed by atoms with Crippen LogP contribution >= 0.6 is 0 Å². The Kier molecular flexibility index (Phi) is 7.60. The maximum Gasteiger partial charge on any atom is 0.0594 e. The van der Waals surface area contributed by atoms with Crippen LogP contribution in [0.4, 0.5) is 0 Å². The van der Waals surface area contributed by atoms with Crippen LogP contribution in [0.5, 0.6) is 0 Å². The van der Waals surface area contributed by atoms with E-state index in [1.54, 1.807) is 0 Å². The molecule has 18 heavy (non-hydrogen) atoms. The van der Waals surface area contributed by atoms with E-state index in [0.717, 1.165) is 39.4 Å². The lowest BCUT2D eigenvalue weighted by molar-refractivity contribution is 0.0374. The molecular weight excluding hydrogens is 228 g/mol. The number of nitrogens with zero attached hydrogens (tertiary/aromatic N) is 1. The molecule has 1 fully saturated rings. The fourth-order valence-corrected chi connectivity index (χ4v) is 2.08. The van der Waals surface area contributed by atoms with Gasteiger partial charge in [0.05, 0.1) is 13.2 Å². The SMILES string of the molecule is O.c1ccc(CNCCCN2CCOCC2)cc1. The summed E-state index contributed by atoms with van der Waals surface area (Å²) in [6.45, 7) is 7.24. The van der Waals surface area contributed by atoms with Crippen LogP contribution in [0.15, 0.2) is 30.3 Å². The third kappa shape index (κ3) is 5.60. The minimum Gasteiger partial charge on any atom is -0.412 e. The molecule has 0 saturated carbocycles. The molecule has 0 bridgehead atoms. The lowest BCUT2D eigenvalue weighted by atomic mass is 10.2. The zero-order valence-electron chi connectivity index (χ0n) is 10.9. The fraction of sp³-hybridized carbons (Fsp3) is 0.571. The Morgan fingerprint density at radius 3 is 2.56 bits per heavy atom. The van der Waals surface area contributed by atoms with Crippen molar-refractivity contribution in [2.45, 2.75) is 13.0 Å². The van der Waals surface area contributed by atoms with E-state index in [4.69, 9.17) is 4.74 Å². The summed E-state index contributed by atoms with van der Waals surface area (Å²) in [7, 11) is 0. The summed E-state index contributed by atoms with van der Waals surface area (Å²) in [5.74, 6) is 0. The van der Waals surface area contributed by atoms with Crippen LogP contribution in [0.3, 0.4) is 0 Å². The first-order chi connectivity index (χ1) is 8.45. The molecule has 0 spiro atoms. The van der Waals surface area contributed by atoms with Gasteiger partial charge in [-0.1, -0.05) is 30.3 Å². The lowest BCUT2D eigenvalue weighted by Gasteiger charge is -2.26. The van der Waals surface area contributed by atoms with Crippen LogP contribution < -0.4 is 5.32 Å². The third-order valence-electron chi connectivity index (χ3n) is 3.10. The van der Waals surface area contributed by atoms with Gasteiger partial charge in [0.25, 0.3) is 0 Å². The monoisotopic (exact) mass is 252 g/mol. The summed E-state index contributed by atoms with van der Waals surface area (Å²) in [4.78, 5) is 2.48. The molecule has 0 unspecified atom stereocenters. The van der Waals surface area contributed by atoms with Gasteiger partial charge in [-0.3, -0.25) is 4.90 Å². The fourth-order valence-electron chi connectivity index (χ4n) is 2.08. The Morgan fingerprint density at radius 2 is 1.83 bits per heavy atom. The molecule has 0 aliphatic carbocycles. The van der Waals surface area contributed by atoms with Crippen molar-refractivity contribution >= 4 is 0 Å². The molecule has 1 aliphatic heterocycles. The van der Waals surface area contributed by atoms with Gasteiger partial charge in [-0.2, -0.15) is 0 Å². The standard InChI is InChI=1S/C14H22N2O.H2O/c1-2-5-14(6-3-1)13-15-7-4-8-16-9-11-17-12-10-16;/h1-3,5-6,15H,4,7-13H2;1H2. The average molecular weight is 252 g/mol. The van der Waals surface area contributed by atoms with Crippen molar-refractivity contribution in [2.75, 3.05) is 39.4 Å². The van der Waals surface area contributed by atoms with E-state index in [-0.39, 0.29) is 5.48 Å². The van der Waals surface area contributed by atoms with E-state index in [1.807, 2.05) is 0 Å². The molecule has 4 nitrogen and oxygen atoms in total. The quantitative estimate of drug-likeness (QED) is 0.757. The van der Waals surface area contributed by atoms with Crippen molar-refractivity contribution < 1.29 is 10.2 Å². The van der Waals surface area contributed by atoms with Gasteiger partial charge in [-0.15, -0.1) is 0 Å². The maximum absolute atomic E-state index is 5.33. The van der Waals surface area contributed by atoms with E-state index < -0.39 is 0 Å². The zero-order valence-corrected chi connectivity index (χ0v) is 10.9. The Hall–Kier alpha value is -0.940. The Balaban J connectivity index is 0.00000162. The molecule has 0 amide bonds. The molecule has 1 aromatic carbocycles.